The van der Waals surface area contributed by atoms with Crippen LogP contribution in [0.5, 0.6) is 5.75 Å². The first-order valence-electron chi connectivity index (χ1n) is 13.4. The Morgan fingerprint density at radius 3 is 2.31 bits per heavy atom. The van der Waals surface area contributed by atoms with Crippen LogP contribution in [0.3, 0.4) is 0 Å². The van der Waals surface area contributed by atoms with Gasteiger partial charge in [-0.3, -0.25) is 9.69 Å². The Hall–Kier alpha value is -4.17. The third kappa shape index (κ3) is 6.34. The highest BCUT2D eigenvalue weighted by Gasteiger charge is 2.32. The third-order valence-corrected chi connectivity index (χ3v) is 8.46. The lowest BCUT2D eigenvalue weighted by molar-refractivity contribution is -0.122. The molecule has 0 aliphatic carbocycles. The van der Waals surface area contributed by atoms with Crippen LogP contribution in [0.25, 0.3) is 23.0 Å². The predicted molar refractivity (Wildman–Crippen MR) is 175 cm³/mol. The predicted octanol–water partition coefficient (Wildman–Crippen LogP) is 8.48. The van der Waals surface area contributed by atoms with Gasteiger partial charge in [-0.15, -0.1) is 0 Å². The summed E-state index contributed by atoms with van der Waals surface area (Å²) in [6.45, 7) is 2.92. The fourth-order valence-corrected chi connectivity index (χ4v) is 5.91. The van der Waals surface area contributed by atoms with Gasteiger partial charge < -0.3 is 4.74 Å². The molecule has 0 atom stereocenters. The zero-order chi connectivity index (χ0) is 29.1. The first-order valence-corrected chi connectivity index (χ1v) is 15.0. The lowest BCUT2D eigenvalue weighted by Gasteiger charge is -2.14. The van der Waals surface area contributed by atoms with Crippen molar-refractivity contribution in [2.45, 2.75) is 20.1 Å². The Labute approximate surface area is 259 Å². The maximum atomic E-state index is 13.5. The van der Waals surface area contributed by atoms with E-state index in [1.165, 1.54) is 17.3 Å². The molecule has 8 heteroatoms. The average Bonchev–Trinajstić information content (AvgIpc) is 3.55. The molecule has 1 aliphatic rings. The molecule has 0 bridgehead atoms. The molecule has 1 amide bonds. The van der Waals surface area contributed by atoms with Crippen molar-refractivity contribution in [3.63, 3.8) is 0 Å². The molecule has 0 saturated carbocycles. The molecule has 1 aliphatic heterocycles. The molecule has 208 valence electrons. The Morgan fingerprint density at radius 1 is 0.905 bits per heavy atom. The summed E-state index contributed by atoms with van der Waals surface area (Å²) in [5, 5.41) is 5.61. The highest BCUT2D eigenvalue weighted by molar-refractivity contribution is 8.26. The number of carbonyl (C=O) groups excluding carboxylic acids is 1. The van der Waals surface area contributed by atoms with Crippen molar-refractivity contribution >= 4 is 51.9 Å². The number of aromatic nitrogens is 2. The van der Waals surface area contributed by atoms with Crippen LogP contribution in [-0.2, 0) is 17.9 Å². The second-order valence-corrected chi connectivity index (χ2v) is 12.0. The Morgan fingerprint density at radius 2 is 1.60 bits per heavy atom. The summed E-state index contributed by atoms with van der Waals surface area (Å²) in [6.07, 6.45) is 3.84. The number of thioether (sulfide) groups is 1. The van der Waals surface area contributed by atoms with Gasteiger partial charge in [-0.05, 0) is 72.7 Å². The number of nitrogens with zero attached hydrogens (tertiary/aromatic N) is 3. The number of carbonyl (C=O) groups is 1. The van der Waals surface area contributed by atoms with Gasteiger partial charge in [0, 0.05) is 22.3 Å². The summed E-state index contributed by atoms with van der Waals surface area (Å²) in [5.74, 6) is 0.643. The molecule has 0 N–H and O–H groups in total. The van der Waals surface area contributed by atoms with Crippen molar-refractivity contribution in [2.75, 3.05) is 0 Å². The topological polar surface area (TPSA) is 47.4 Å². The van der Waals surface area contributed by atoms with Crippen LogP contribution in [0.1, 0.15) is 22.3 Å². The fourth-order valence-electron chi connectivity index (χ4n) is 4.54. The van der Waals surface area contributed by atoms with Crippen LogP contribution in [-0.4, -0.2) is 24.9 Å². The minimum absolute atomic E-state index is 0.102. The number of rotatable bonds is 8. The van der Waals surface area contributed by atoms with Crippen LogP contribution < -0.4 is 4.74 Å². The van der Waals surface area contributed by atoms with Crippen LogP contribution in [0.15, 0.2) is 114 Å². The van der Waals surface area contributed by atoms with E-state index in [1.807, 2.05) is 127 Å². The first kappa shape index (κ1) is 28.0. The van der Waals surface area contributed by atoms with E-state index in [9.17, 15) is 4.79 Å². The molecule has 6 rings (SSSR count). The van der Waals surface area contributed by atoms with Gasteiger partial charge in [-0.2, -0.15) is 5.10 Å². The second kappa shape index (κ2) is 12.4. The normalized spacial score (nSPS) is 14.1. The van der Waals surface area contributed by atoms with E-state index < -0.39 is 0 Å². The van der Waals surface area contributed by atoms with Gasteiger partial charge in [0.25, 0.3) is 5.91 Å². The summed E-state index contributed by atoms with van der Waals surface area (Å²) in [4.78, 5) is 15.7. The van der Waals surface area contributed by atoms with Crippen LogP contribution in [0, 0.1) is 6.92 Å². The average molecular weight is 608 g/mol. The molecule has 0 unspecified atom stereocenters. The second-order valence-electron chi connectivity index (χ2n) is 9.91. The molecular weight excluding hydrogens is 582 g/mol. The molecule has 0 spiro atoms. The Kier molecular flexibility index (Phi) is 8.24. The molecule has 5 nitrogen and oxygen atoms in total. The van der Waals surface area contributed by atoms with E-state index in [0.29, 0.717) is 27.4 Å². The first-order chi connectivity index (χ1) is 20.4. The van der Waals surface area contributed by atoms with Gasteiger partial charge in [0.15, 0.2) is 0 Å². The van der Waals surface area contributed by atoms with Gasteiger partial charge in [-0.25, -0.2) is 4.68 Å². The van der Waals surface area contributed by atoms with Gasteiger partial charge in [0.1, 0.15) is 16.7 Å². The van der Waals surface area contributed by atoms with E-state index in [2.05, 4.69) is 0 Å². The monoisotopic (exact) mass is 607 g/mol. The number of hydrogen-bond acceptors (Lipinski definition) is 5. The van der Waals surface area contributed by atoms with Crippen molar-refractivity contribution in [3.05, 3.63) is 142 Å². The number of aryl methyl sites for hydroxylation is 1. The Bertz CT molecular complexity index is 1770. The smallest absolute Gasteiger partial charge is 0.266 e. The highest BCUT2D eigenvalue weighted by Crippen LogP contribution is 2.36. The number of halogens is 1. The van der Waals surface area contributed by atoms with E-state index in [0.717, 1.165) is 39.4 Å². The molecule has 0 radical (unpaired) electrons. The van der Waals surface area contributed by atoms with E-state index >= 15 is 0 Å². The van der Waals surface area contributed by atoms with Crippen molar-refractivity contribution in [2.24, 2.45) is 0 Å². The van der Waals surface area contributed by atoms with Crippen LogP contribution >= 0.6 is 35.6 Å². The quantitative estimate of drug-likeness (QED) is 0.131. The standard InChI is InChI=1S/C34H26ClN3O2S2/c1-23-7-9-24(10-8-23)20-37-33(39)31(42-34(37)41)19-27-21-38(29-5-3-2-4-6-29)36-32(27)26-13-17-30(18-14-26)40-22-25-11-15-28(35)16-12-25/h2-19,21H,20,22H2,1H3/b31-19-. The molecular formula is C34H26ClN3O2S2. The molecule has 4 aromatic carbocycles. The number of thiocarbonyl (C=S) groups is 1. The molecule has 1 aromatic heterocycles. The SMILES string of the molecule is Cc1ccc(CN2C(=O)/C(=C/c3cn(-c4ccccc4)nc3-c3ccc(OCc4ccc(Cl)cc4)cc3)SC2=S)cc1. The summed E-state index contributed by atoms with van der Waals surface area (Å²) in [7, 11) is 0. The molecule has 1 saturated heterocycles. The van der Waals surface area contributed by atoms with Gasteiger partial charge >= 0.3 is 0 Å². The van der Waals surface area contributed by atoms with Crippen molar-refractivity contribution < 1.29 is 9.53 Å². The van der Waals surface area contributed by atoms with Crippen molar-refractivity contribution in [1.29, 1.82) is 0 Å². The maximum absolute atomic E-state index is 13.5. The molecule has 42 heavy (non-hydrogen) atoms. The summed E-state index contributed by atoms with van der Waals surface area (Å²) >= 11 is 12.9. The molecule has 2 heterocycles. The van der Waals surface area contributed by atoms with Gasteiger partial charge in [-0.1, -0.05) is 95.7 Å². The third-order valence-electron chi connectivity index (χ3n) is 6.83. The number of hydrogen-bond donors (Lipinski definition) is 0. The number of amides is 1. The van der Waals surface area contributed by atoms with Gasteiger partial charge in [0.05, 0.1) is 22.8 Å². The van der Waals surface area contributed by atoms with Crippen LogP contribution in [0.2, 0.25) is 5.02 Å². The van der Waals surface area contributed by atoms with Crippen molar-refractivity contribution in [1.82, 2.24) is 14.7 Å². The Balaban J connectivity index is 1.28. The maximum Gasteiger partial charge on any atom is 0.266 e. The zero-order valence-corrected chi connectivity index (χ0v) is 25.1. The molecule has 1 fully saturated rings. The van der Waals surface area contributed by atoms with E-state index in [-0.39, 0.29) is 5.91 Å². The zero-order valence-electron chi connectivity index (χ0n) is 22.7. The summed E-state index contributed by atoms with van der Waals surface area (Å²) in [6, 6.07) is 33.5. The summed E-state index contributed by atoms with van der Waals surface area (Å²) in [5.41, 5.74) is 6.66. The number of para-hydroxylation sites is 1. The van der Waals surface area contributed by atoms with E-state index in [4.69, 9.17) is 33.7 Å². The lowest BCUT2D eigenvalue weighted by Crippen LogP contribution is -2.27. The number of benzene rings is 4. The molecule has 5 aromatic rings. The number of ether oxygens (including phenoxy) is 1. The minimum atomic E-state index is -0.102. The van der Waals surface area contributed by atoms with Crippen molar-refractivity contribution in [3.8, 4) is 22.7 Å². The minimum Gasteiger partial charge on any atom is -0.489 e. The summed E-state index contributed by atoms with van der Waals surface area (Å²) < 4.78 is 8.36. The van der Waals surface area contributed by atoms with E-state index in [1.54, 1.807) is 4.90 Å². The largest absolute Gasteiger partial charge is 0.489 e. The lowest BCUT2D eigenvalue weighted by atomic mass is 10.1. The van der Waals surface area contributed by atoms with Gasteiger partial charge in [0.2, 0.25) is 0 Å². The highest BCUT2D eigenvalue weighted by atomic mass is 35.5. The fraction of sp³-hybridized carbons (Fsp3) is 0.0882. The van der Waals surface area contributed by atoms with Crippen LogP contribution in [0.4, 0.5) is 0 Å².